The minimum absolute atomic E-state index is 0.0440. The predicted molar refractivity (Wildman–Crippen MR) is 104 cm³/mol. The molecule has 4 saturated heterocycles. The summed E-state index contributed by atoms with van der Waals surface area (Å²) >= 11 is 0. The maximum Gasteiger partial charge on any atom is 0.229 e. The van der Waals surface area contributed by atoms with E-state index in [1.807, 2.05) is 11.9 Å². The number of carbonyl (C=O) groups is 2. The molecule has 6 unspecified atom stereocenters. The number of allylic oxidation sites excluding steroid dienone is 2. The number of aliphatic hydroxyl groups excluding tert-OH is 2. The molecule has 31 heavy (non-hydrogen) atoms. The second kappa shape index (κ2) is 6.60. The Kier molecular flexibility index (Phi) is 4.22. The molecule has 10 heteroatoms. The third-order valence-corrected chi connectivity index (χ3v) is 8.27. The Hall–Kier alpha value is -1.82. The van der Waals surface area contributed by atoms with Crippen LogP contribution in [0.1, 0.15) is 6.42 Å². The van der Waals surface area contributed by atoms with Crippen LogP contribution in [0.3, 0.4) is 0 Å². The number of methoxy groups -OCH3 is 2. The maximum atomic E-state index is 13.7. The zero-order valence-electron chi connectivity index (χ0n) is 17.7. The summed E-state index contributed by atoms with van der Waals surface area (Å²) in [6.45, 7) is 0.808. The second-order valence-electron chi connectivity index (χ2n) is 9.17. The van der Waals surface area contributed by atoms with Gasteiger partial charge in [-0.3, -0.25) is 24.3 Å². The van der Waals surface area contributed by atoms with E-state index in [1.54, 1.807) is 0 Å². The maximum absolute atomic E-state index is 13.7. The molecule has 8 atom stereocenters. The van der Waals surface area contributed by atoms with Crippen molar-refractivity contribution in [1.29, 1.82) is 0 Å². The van der Waals surface area contributed by atoms with E-state index in [1.165, 1.54) is 14.2 Å². The fraction of sp³-hybridized carbons (Fsp3) is 0.714. The number of aliphatic hydroxyl groups is 2. The highest BCUT2D eigenvalue weighted by Gasteiger charge is 2.69. The lowest BCUT2D eigenvalue weighted by atomic mass is 9.70. The molecule has 1 aliphatic carbocycles. The lowest BCUT2D eigenvalue weighted by Crippen LogP contribution is -2.78. The third-order valence-electron chi connectivity index (χ3n) is 8.27. The van der Waals surface area contributed by atoms with E-state index in [4.69, 9.17) is 14.2 Å². The lowest BCUT2D eigenvalue weighted by molar-refractivity contribution is -0.187. The molecule has 0 aromatic heterocycles. The number of rotatable bonds is 3. The zero-order valence-corrected chi connectivity index (χ0v) is 17.7. The molecule has 0 saturated carbocycles. The van der Waals surface area contributed by atoms with Gasteiger partial charge in [-0.15, -0.1) is 0 Å². The molecule has 5 heterocycles. The average Bonchev–Trinajstić information content (AvgIpc) is 3.35. The number of piperazine rings is 1. The van der Waals surface area contributed by atoms with E-state index in [9.17, 15) is 19.8 Å². The van der Waals surface area contributed by atoms with Crippen LogP contribution in [0.25, 0.3) is 0 Å². The first kappa shape index (κ1) is 19.8. The number of likely N-dealkylation sites (N-methyl/N-ethyl adjacent to an activating group) is 1. The van der Waals surface area contributed by atoms with Crippen LogP contribution in [0.4, 0.5) is 0 Å². The Morgan fingerprint density at radius 1 is 1.10 bits per heavy atom. The zero-order chi connectivity index (χ0) is 21.8. The van der Waals surface area contributed by atoms with Crippen molar-refractivity contribution in [2.75, 3.05) is 41.0 Å². The fourth-order valence-corrected chi connectivity index (χ4v) is 7.24. The van der Waals surface area contributed by atoms with Crippen molar-refractivity contribution in [1.82, 2.24) is 14.7 Å². The largest absolute Gasteiger partial charge is 0.489 e. The normalized spacial score (nSPS) is 44.7. The van der Waals surface area contributed by atoms with Gasteiger partial charge in [0.2, 0.25) is 23.1 Å². The Bertz CT molecular complexity index is 932. The van der Waals surface area contributed by atoms with E-state index < -0.39 is 29.9 Å². The third kappa shape index (κ3) is 2.18. The lowest BCUT2D eigenvalue weighted by Gasteiger charge is -2.61. The molecule has 0 spiro atoms. The molecule has 6 aliphatic rings. The van der Waals surface area contributed by atoms with Gasteiger partial charge in [0, 0.05) is 41.7 Å². The van der Waals surface area contributed by atoms with Crippen molar-refractivity contribution < 1.29 is 34.0 Å². The van der Waals surface area contributed by atoms with Crippen LogP contribution in [0.15, 0.2) is 22.7 Å². The van der Waals surface area contributed by atoms with Gasteiger partial charge in [-0.05, 0) is 13.5 Å². The van der Waals surface area contributed by atoms with Crippen molar-refractivity contribution >= 4 is 11.6 Å². The quantitative estimate of drug-likeness (QED) is 0.487. The summed E-state index contributed by atoms with van der Waals surface area (Å²) in [6, 6.07) is -1.57. The number of hydrogen-bond acceptors (Lipinski definition) is 10. The summed E-state index contributed by atoms with van der Waals surface area (Å²) in [7, 11) is 4.68. The van der Waals surface area contributed by atoms with Crippen LogP contribution in [-0.4, -0.2) is 120 Å². The van der Waals surface area contributed by atoms with Gasteiger partial charge in [0.1, 0.15) is 12.5 Å². The number of fused-ring (bicyclic) bond motifs is 5. The molecule has 0 amide bonds. The molecule has 168 valence electrons. The standard InChI is InChI=1S/C21H27N3O7/c1-22-9-6-8-13(22)15-14(23-4-5-31-21(8)23)12-11(10(7-25)24(15)20(9)28)16(26)18(29-2)19(30-3)17(12)27/h8-10,13-15,20-21,25,28H,4-7H2,1-3H3/t8?,9?,10-,13?,14?,15?,20-,21?/m1/s1. The van der Waals surface area contributed by atoms with Crippen molar-refractivity contribution in [3.8, 4) is 0 Å². The highest BCUT2D eigenvalue weighted by atomic mass is 16.5. The molecule has 0 aromatic rings. The SMILES string of the molecule is COC1=C(OC)C(=O)C2=C(C1=O)C1C3C4C(CC([C@@H](O)N3[C@@H]2CO)N4C)C2OCCN21. The van der Waals surface area contributed by atoms with Gasteiger partial charge < -0.3 is 24.4 Å². The average molecular weight is 433 g/mol. The fourth-order valence-electron chi connectivity index (χ4n) is 7.24. The monoisotopic (exact) mass is 433 g/mol. The second-order valence-corrected chi connectivity index (χ2v) is 9.17. The van der Waals surface area contributed by atoms with Crippen molar-refractivity contribution in [3.63, 3.8) is 0 Å². The Morgan fingerprint density at radius 3 is 2.42 bits per heavy atom. The Balaban J connectivity index is 1.61. The molecule has 6 rings (SSSR count). The summed E-state index contributed by atoms with van der Waals surface area (Å²) in [5, 5.41) is 21.8. The summed E-state index contributed by atoms with van der Waals surface area (Å²) < 4.78 is 16.7. The number of Topliss-reactive ketones (excluding diaryl/α,β-unsaturated/α-hetero) is 2. The number of piperidine rings is 1. The molecule has 0 radical (unpaired) electrons. The number of ether oxygens (including phenoxy) is 3. The minimum atomic E-state index is -0.869. The van der Waals surface area contributed by atoms with Gasteiger partial charge in [0.05, 0.1) is 39.5 Å². The van der Waals surface area contributed by atoms with E-state index in [-0.39, 0.29) is 54.0 Å². The van der Waals surface area contributed by atoms with Crippen molar-refractivity contribution in [2.24, 2.45) is 5.92 Å². The Labute approximate surface area is 179 Å². The summed E-state index contributed by atoms with van der Waals surface area (Å²) in [6.07, 6.45) is -0.280. The molecule has 5 aliphatic heterocycles. The van der Waals surface area contributed by atoms with Crippen molar-refractivity contribution in [3.05, 3.63) is 22.7 Å². The number of nitrogens with zero attached hydrogens (tertiary/aromatic N) is 3. The number of ketones is 2. The van der Waals surface area contributed by atoms with Crippen LogP contribution < -0.4 is 0 Å². The summed E-state index contributed by atoms with van der Waals surface area (Å²) in [4.78, 5) is 33.4. The first-order chi connectivity index (χ1) is 15.0. The van der Waals surface area contributed by atoms with E-state index in [0.29, 0.717) is 18.7 Å². The smallest absolute Gasteiger partial charge is 0.229 e. The first-order valence-electron chi connectivity index (χ1n) is 10.8. The molecule has 2 bridgehead atoms. The van der Waals surface area contributed by atoms with Gasteiger partial charge in [-0.1, -0.05) is 0 Å². The van der Waals surface area contributed by atoms with Gasteiger partial charge in [-0.2, -0.15) is 0 Å². The van der Waals surface area contributed by atoms with E-state index >= 15 is 0 Å². The Morgan fingerprint density at radius 2 is 1.77 bits per heavy atom. The van der Waals surface area contributed by atoms with Crippen molar-refractivity contribution in [2.45, 2.75) is 49.1 Å². The summed E-state index contributed by atoms with van der Waals surface area (Å²) in [5.41, 5.74) is 0.557. The van der Waals surface area contributed by atoms with Crippen LogP contribution in [0.5, 0.6) is 0 Å². The molecule has 0 aromatic carbocycles. The summed E-state index contributed by atoms with van der Waals surface area (Å²) in [5.74, 6) is -0.940. The molecular weight excluding hydrogens is 406 g/mol. The van der Waals surface area contributed by atoms with E-state index in [0.717, 1.165) is 6.42 Å². The van der Waals surface area contributed by atoms with Crippen LogP contribution in [0.2, 0.25) is 0 Å². The van der Waals surface area contributed by atoms with Crippen LogP contribution in [0, 0.1) is 5.92 Å². The van der Waals surface area contributed by atoms with E-state index in [2.05, 4.69) is 9.80 Å². The van der Waals surface area contributed by atoms with Gasteiger partial charge in [0.15, 0.2) is 0 Å². The predicted octanol–water partition coefficient (Wildman–Crippen LogP) is -1.95. The molecule has 2 N–H and O–H groups in total. The molecule has 4 fully saturated rings. The number of hydrogen-bond donors (Lipinski definition) is 2. The van der Waals surface area contributed by atoms with Gasteiger partial charge in [-0.25, -0.2) is 0 Å². The topological polar surface area (TPSA) is 112 Å². The first-order valence-corrected chi connectivity index (χ1v) is 10.8. The van der Waals surface area contributed by atoms with Gasteiger partial charge >= 0.3 is 0 Å². The highest BCUT2D eigenvalue weighted by Crippen LogP contribution is 2.54. The minimum Gasteiger partial charge on any atom is -0.489 e. The van der Waals surface area contributed by atoms with Gasteiger partial charge in [0.25, 0.3) is 0 Å². The molecule has 10 nitrogen and oxygen atoms in total. The number of carbonyl (C=O) groups excluding carboxylic acids is 2. The highest BCUT2D eigenvalue weighted by molar-refractivity contribution is 6.25. The van der Waals surface area contributed by atoms with Crippen LogP contribution >= 0.6 is 0 Å². The van der Waals surface area contributed by atoms with Crippen LogP contribution in [-0.2, 0) is 23.8 Å². The molecular formula is C21H27N3O7.